The average Bonchev–Trinajstić information content (AvgIpc) is 2.99. The number of aromatic nitrogens is 1. The van der Waals surface area contributed by atoms with Gasteiger partial charge in [0.05, 0.1) is 4.90 Å². The van der Waals surface area contributed by atoms with Crippen molar-refractivity contribution < 1.29 is 13.2 Å². The Hall–Kier alpha value is -1.34. The molecule has 1 aliphatic rings. The summed E-state index contributed by atoms with van der Waals surface area (Å²) < 4.78 is 22.3. The van der Waals surface area contributed by atoms with Crippen molar-refractivity contribution in [1.82, 2.24) is 9.88 Å². The van der Waals surface area contributed by atoms with Crippen molar-refractivity contribution >= 4 is 15.9 Å². The molecule has 0 radical (unpaired) electrons. The van der Waals surface area contributed by atoms with Gasteiger partial charge in [-0.3, -0.25) is 4.79 Å². The van der Waals surface area contributed by atoms with E-state index in [4.69, 9.17) is 5.14 Å². The third-order valence-electron chi connectivity index (χ3n) is 2.93. The van der Waals surface area contributed by atoms with Crippen LogP contribution >= 0.6 is 0 Å². The van der Waals surface area contributed by atoms with E-state index in [1.54, 1.807) is 4.90 Å². The number of sulfonamides is 1. The van der Waals surface area contributed by atoms with E-state index in [0.29, 0.717) is 12.6 Å². The number of nitrogens with zero attached hydrogens (tertiary/aromatic N) is 1. The monoisotopic (exact) mass is 271 g/mol. The zero-order valence-electron chi connectivity index (χ0n) is 10.2. The van der Waals surface area contributed by atoms with Crippen molar-refractivity contribution in [2.75, 3.05) is 6.54 Å². The van der Waals surface area contributed by atoms with Crippen LogP contribution in [0.1, 0.15) is 36.7 Å². The molecule has 1 heterocycles. The first-order valence-corrected chi connectivity index (χ1v) is 7.50. The molecule has 1 fully saturated rings. The fourth-order valence-electron chi connectivity index (χ4n) is 1.89. The Morgan fingerprint density at radius 2 is 2.22 bits per heavy atom. The maximum Gasteiger partial charge on any atom is 0.270 e. The molecule has 1 aromatic rings. The van der Waals surface area contributed by atoms with Crippen LogP contribution < -0.4 is 5.14 Å². The molecule has 0 atom stereocenters. The van der Waals surface area contributed by atoms with Gasteiger partial charge in [0.25, 0.3) is 5.91 Å². The van der Waals surface area contributed by atoms with Gasteiger partial charge >= 0.3 is 0 Å². The van der Waals surface area contributed by atoms with Gasteiger partial charge in [-0.15, -0.1) is 0 Å². The molecule has 0 unspecified atom stereocenters. The predicted molar refractivity (Wildman–Crippen MR) is 66.5 cm³/mol. The maximum atomic E-state index is 12.2. The van der Waals surface area contributed by atoms with Crippen LogP contribution in [0.15, 0.2) is 17.2 Å². The van der Waals surface area contributed by atoms with E-state index in [9.17, 15) is 13.2 Å². The molecule has 3 N–H and O–H groups in total. The molecule has 0 saturated heterocycles. The van der Waals surface area contributed by atoms with Crippen molar-refractivity contribution in [2.24, 2.45) is 5.14 Å². The van der Waals surface area contributed by atoms with Gasteiger partial charge < -0.3 is 9.88 Å². The average molecular weight is 271 g/mol. The van der Waals surface area contributed by atoms with E-state index in [0.717, 1.165) is 19.3 Å². The molecule has 0 aliphatic heterocycles. The molecule has 2 rings (SSSR count). The molecule has 1 saturated carbocycles. The Labute approximate surface area is 106 Å². The first-order valence-electron chi connectivity index (χ1n) is 5.95. The Balaban J connectivity index is 2.19. The molecule has 1 aromatic heterocycles. The quantitative estimate of drug-likeness (QED) is 0.824. The summed E-state index contributed by atoms with van der Waals surface area (Å²) in [5.74, 6) is -0.158. The first kappa shape index (κ1) is 13.1. The topological polar surface area (TPSA) is 96.3 Å². The van der Waals surface area contributed by atoms with E-state index in [-0.39, 0.29) is 16.5 Å². The maximum absolute atomic E-state index is 12.2. The standard InChI is InChI=1S/C11H17N3O3S/c1-2-5-14(8-3-4-8)11(15)10-6-9(7-13-10)18(12,16)17/h6-8,13H,2-5H2,1H3,(H2,12,16,17). The van der Waals surface area contributed by atoms with Crippen LogP contribution in [0.2, 0.25) is 0 Å². The highest BCUT2D eigenvalue weighted by Gasteiger charge is 2.33. The van der Waals surface area contributed by atoms with Crippen molar-refractivity contribution in [3.05, 3.63) is 18.0 Å². The number of hydrogen-bond donors (Lipinski definition) is 2. The fraction of sp³-hybridized carbons (Fsp3) is 0.545. The molecule has 100 valence electrons. The molecule has 1 aliphatic carbocycles. The van der Waals surface area contributed by atoms with E-state index in [2.05, 4.69) is 4.98 Å². The fourth-order valence-corrected chi connectivity index (χ4v) is 2.40. The zero-order valence-corrected chi connectivity index (χ0v) is 11.0. The lowest BCUT2D eigenvalue weighted by Gasteiger charge is -2.20. The Kier molecular flexibility index (Phi) is 3.45. The van der Waals surface area contributed by atoms with Gasteiger partial charge in [-0.1, -0.05) is 6.92 Å². The summed E-state index contributed by atoms with van der Waals surface area (Å²) in [7, 11) is -3.76. The molecular formula is C11H17N3O3S. The minimum atomic E-state index is -3.76. The van der Waals surface area contributed by atoms with Crippen molar-refractivity contribution in [2.45, 2.75) is 37.1 Å². The molecule has 18 heavy (non-hydrogen) atoms. The summed E-state index contributed by atoms with van der Waals surface area (Å²) >= 11 is 0. The second kappa shape index (κ2) is 4.74. The Morgan fingerprint density at radius 3 is 2.67 bits per heavy atom. The smallest absolute Gasteiger partial charge is 0.270 e. The van der Waals surface area contributed by atoms with Gasteiger partial charge in [0, 0.05) is 18.8 Å². The summed E-state index contributed by atoms with van der Waals surface area (Å²) in [6, 6.07) is 1.60. The van der Waals surface area contributed by atoms with Crippen molar-refractivity contribution in [3.8, 4) is 0 Å². The SMILES string of the molecule is CCCN(C(=O)c1cc(S(N)(=O)=O)c[nH]1)C1CC1. The second-order valence-electron chi connectivity index (χ2n) is 4.52. The van der Waals surface area contributed by atoms with E-state index in [1.807, 2.05) is 6.92 Å². The van der Waals surface area contributed by atoms with Gasteiger partial charge in [-0.25, -0.2) is 13.6 Å². The predicted octanol–water partition coefficient (Wildman–Crippen LogP) is 0.677. The largest absolute Gasteiger partial charge is 0.356 e. The van der Waals surface area contributed by atoms with Gasteiger partial charge in [-0.2, -0.15) is 0 Å². The van der Waals surface area contributed by atoms with Crippen LogP contribution in [0.25, 0.3) is 0 Å². The van der Waals surface area contributed by atoms with Crippen LogP contribution in [-0.4, -0.2) is 36.8 Å². The number of carbonyl (C=O) groups excluding carboxylic acids is 1. The van der Waals surface area contributed by atoms with Crippen molar-refractivity contribution in [3.63, 3.8) is 0 Å². The van der Waals surface area contributed by atoms with Crippen LogP contribution in [-0.2, 0) is 10.0 Å². The van der Waals surface area contributed by atoms with Crippen LogP contribution in [0, 0.1) is 0 Å². The third-order valence-corrected chi connectivity index (χ3v) is 3.82. The second-order valence-corrected chi connectivity index (χ2v) is 6.09. The van der Waals surface area contributed by atoms with Gasteiger partial charge in [0.1, 0.15) is 5.69 Å². The number of nitrogens with two attached hydrogens (primary N) is 1. The van der Waals surface area contributed by atoms with Crippen LogP contribution in [0.4, 0.5) is 0 Å². The highest BCUT2D eigenvalue weighted by Crippen LogP contribution is 2.28. The number of aromatic amines is 1. The molecule has 6 nitrogen and oxygen atoms in total. The number of hydrogen-bond acceptors (Lipinski definition) is 3. The van der Waals surface area contributed by atoms with E-state index < -0.39 is 10.0 Å². The van der Waals surface area contributed by atoms with E-state index >= 15 is 0 Å². The number of carbonyl (C=O) groups is 1. The number of nitrogens with one attached hydrogen (secondary N) is 1. The number of primary sulfonamides is 1. The number of amides is 1. The summed E-state index contributed by atoms with van der Waals surface area (Å²) in [4.78, 5) is 16.6. The third kappa shape index (κ3) is 2.73. The summed E-state index contributed by atoms with van der Waals surface area (Å²) in [5.41, 5.74) is 0.277. The Bertz CT molecular complexity index is 546. The highest BCUT2D eigenvalue weighted by molar-refractivity contribution is 7.89. The lowest BCUT2D eigenvalue weighted by Crippen LogP contribution is -2.34. The van der Waals surface area contributed by atoms with Gasteiger partial charge in [-0.05, 0) is 25.3 Å². The lowest BCUT2D eigenvalue weighted by atomic mass is 10.3. The first-order chi connectivity index (χ1) is 8.43. The molecule has 0 spiro atoms. The zero-order chi connectivity index (χ0) is 13.3. The Morgan fingerprint density at radius 1 is 1.56 bits per heavy atom. The lowest BCUT2D eigenvalue weighted by molar-refractivity contribution is 0.0738. The van der Waals surface area contributed by atoms with E-state index in [1.165, 1.54) is 12.3 Å². The molecule has 1 amide bonds. The van der Waals surface area contributed by atoms with Crippen molar-refractivity contribution in [1.29, 1.82) is 0 Å². The number of rotatable bonds is 5. The van der Waals surface area contributed by atoms with Crippen LogP contribution in [0.3, 0.4) is 0 Å². The normalized spacial score (nSPS) is 15.7. The molecule has 7 heteroatoms. The van der Waals surface area contributed by atoms with Gasteiger partial charge in [0.2, 0.25) is 10.0 Å². The molecule has 0 bridgehead atoms. The molecular weight excluding hydrogens is 254 g/mol. The minimum Gasteiger partial charge on any atom is -0.356 e. The summed E-state index contributed by atoms with van der Waals surface area (Å²) in [5, 5.41) is 5.00. The van der Waals surface area contributed by atoms with Gasteiger partial charge in [0.15, 0.2) is 0 Å². The van der Waals surface area contributed by atoms with Crippen LogP contribution in [0.5, 0.6) is 0 Å². The highest BCUT2D eigenvalue weighted by atomic mass is 32.2. The summed E-state index contributed by atoms with van der Waals surface area (Å²) in [6.07, 6.45) is 4.17. The number of H-pyrrole nitrogens is 1. The summed E-state index contributed by atoms with van der Waals surface area (Å²) in [6.45, 7) is 2.69. The molecule has 0 aromatic carbocycles. The minimum absolute atomic E-state index is 0.0573.